The molecule has 0 aromatic carbocycles. The van der Waals surface area contributed by atoms with Crippen LogP contribution in [0.4, 0.5) is 0 Å². The van der Waals surface area contributed by atoms with Crippen LogP contribution in [0.2, 0.25) is 0 Å². The number of aromatic nitrogens is 2. The van der Waals surface area contributed by atoms with Crippen molar-refractivity contribution in [2.45, 2.75) is 25.7 Å². The van der Waals surface area contributed by atoms with Gasteiger partial charge < -0.3 is 9.63 Å². The zero-order valence-corrected chi connectivity index (χ0v) is 10.3. The van der Waals surface area contributed by atoms with E-state index in [4.69, 9.17) is 9.63 Å². The van der Waals surface area contributed by atoms with Crippen LogP contribution in [-0.4, -0.2) is 41.8 Å². The van der Waals surface area contributed by atoms with Crippen LogP contribution in [0.25, 0.3) is 0 Å². The molecule has 6 nitrogen and oxygen atoms in total. The number of rotatable bonds is 4. The SMILES string of the molecule is O=S1(=O)CCCC(Cc2noc(CCO)n2)C1. The van der Waals surface area contributed by atoms with Gasteiger partial charge >= 0.3 is 0 Å². The molecule has 1 N–H and O–H groups in total. The molecular formula is C10H16N2O4S. The third-order valence-corrected chi connectivity index (χ3v) is 4.75. The minimum atomic E-state index is -2.88. The van der Waals surface area contributed by atoms with Crippen LogP contribution in [0, 0.1) is 5.92 Å². The summed E-state index contributed by atoms with van der Waals surface area (Å²) in [4.78, 5) is 4.11. The van der Waals surface area contributed by atoms with Gasteiger partial charge in [0.05, 0.1) is 24.5 Å². The Morgan fingerprint density at radius 2 is 2.29 bits per heavy atom. The summed E-state index contributed by atoms with van der Waals surface area (Å²) in [6.07, 6.45) is 2.49. The van der Waals surface area contributed by atoms with Crippen LogP contribution in [0.5, 0.6) is 0 Å². The lowest BCUT2D eigenvalue weighted by Gasteiger charge is -2.20. The molecule has 0 bridgehead atoms. The van der Waals surface area contributed by atoms with Crippen LogP contribution in [-0.2, 0) is 22.7 Å². The van der Waals surface area contributed by atoms with E-state index in [-0.39, 0.29) is 18.3 Å². The number of nitrogens with zero attached hydrogens (tertiary/aromatic N) is 2. The Morgan fingerprint density at radius 3 is 3.00 bits per heavy atom. The van der Waals surface area contributed by atoms with Gasteiger partial charge in [-0.3, -0.25) is 0 Å². The first kappa shape index (κ1) is 12.5. The van der Waals surface area contributed by atoms with Gasteiger partial charge in [0.2, 0.25) is 5.89 Å². The van der Waals surface area contributed by atoms with Crippen LogP contribution in [0.15, 0.2) is 4.52 Å². The summed E-state index contributed by atoms with van der Waals surface area (Å²) < 4.78 is 27.9. The van der Waals surface area contributed by atoms with Gasteiger partial charge in [-0.1, -0.05) is 5.16 Å². The van der Waals surface area contributed by atoms with E-state index in [0.717, 1.165) is 6.42 Å². The molecule has 2 rings (SSSR count). The molecule has 2 heterocycles. The largest absolute Gasteiger partial charge is 0.396 e. The summed E-state index contributed by atoms with van der Waals surface area (Å²) in [6.45, 7) is -0.0283. The average molecular weight is 260 g/mol. The van der Waals surface area contributed by atoms with Crippen molar-refractivity contribution in [2.24, 2.45) is 5.92 Å². The van der Waals surface area contributed by atoms with E-state index in [0.29, 0.717) is 36.7 Å². The topological polar surface area (TPSA) is 93.3 Å². The Bertz CT molecular complexity index is 468. The zero-order chi connectivity index (χ0) is 12.3. The number of hydrogen-bond acceptors (Lipinski definition) is 6. The fourth-order valence-electron chi connectivity index (χ4n) is 2.11. The van der Waals surface area contributed by atoms with E-state index in [2.05, 4.69) is 10.1 Å². The van der Waals surface area contributed by atoms with Crippen molar-refractivity contribution in [1.29, 1.82) is 0 Å². The molecule has 1 fully saturated rings. The number of aliphatic hydroxyl groups is 1. The number of aliphatic hydroxyl groups excluding tert-OH is 1. The third kappa shape index (κ3) is 3.50. The van der Waals surface area contributed by atoms with Gasteiger partial charge in [-0.05, 0) is 18.8 Å². The van der Waals surface area contributed by atoms with E-state index in [9.17, 15) is 8.42 Å². The molecule has 1 atom stereocenters. The summed E-state index contributed by atoms with van der Waals surface area (Å²) in [7, 11) is -2.88. The fourth-order valence-corrected chi connectivity index (χ4v) is 3.88. The van der Waals surface area contributed by atoms with Crippen molar-refractivity contribution < 1.29 is 18.0 Å². The molecule has 1 saturated heterocycles. The normalized spacial score (nSPS) is 23.7. The average Bonchev–Trinajstić information content (AvgIpc) is 2.64. The Labute approximate surface area is 99.9 Å². The van der Waals surface area contributed by atoms with Crippen LogP contribution >= 0.6 is 0 Å². The summed E-state index contributed by atoms with van der Waals surface area (Å²) in [5.74, 6) is 1.55. The summed E-state index contributed by atoms with van der Waals surface area (Å²) >= 11 is 0. The fraction of sp³-hybridized carbons (Fsp3) is 0.800. The van der Waals surface area contributed by atoms with Gasteiger partial charge in [0.25, 0.3) is 0 Å². The first-order valence-corrected chi connectivity index (χ1v) is 7.54. The van der Waals surface area contributed by atoms with E-state index in [1.165, 1.54) is 0 Å². The molecule has 0 amide bonds. The van der Waals surface area contributed by atoms with E-state index in [1.54, 1.807) is 0 Å². The maximum atomic E-state index is 11.5. The molecule has 7 heteroatoms. The third-order valence-electron chi connectivity index (χ3n) is 2.86. The van der Waals surface area contributed by atoms with Gasteiger partial charge in [0.1, 0.15) is 0 Å². The molecule has 1 aliphatic heterocycles. The minimum absolute atomic E-state index is 0.0283. The first-order valence-electron chi connectivity index (χ1n) is 5.72. The highest BCUT2D eigenvalue weighted by molar-refractivity contribution is 7.91. The molecule has 0 radical (unpaired) electrons. The van der Waals surface area contributed by atoms with Crippen molar-refractivity contribution >= 4 is 9.84 Å². The highest BCUT2D eigenvalue weighted by atomic mass is 32.2. The molecule has 0 spiro atoms. The van der Waals surface area contributed by atoms with E-state index in [1.807, 2.05) is 0 Å². The summed E-state index contributed by atoms with van der Waals surface area (Å²) in [6, 6.07) is 0. The Hall–Kier alpha value is -0.950. The standard InChI is InChI=1S/C10H16N2O4S/c13-4-3-10-11-9(12-16-10)6-8-2-1-5-17(14,15)7-8/h8,13H,1-7H2. The second-order valence-corrected chi connectivity index (χ2v) is 6.63. The van der Waals surface area contributed by atoms with Crippen molar-refractivity contribution in [1.82, 2.24) is 10.1 Å². The Balaban J connectivity index is 1.95. The molecule has 17 heavy (non-hydrogen) atoms. The van der Waals surface area contributed by atoms with Crippen LogP contribution in [0.1, 0.15) is 24.6 Å². The van der Waals surface area contributed by atoms with E-state index < -0.39 is 9.84 Å². The molecule has 1 aromatic rings. The van der Waals surface area contributed by atoms with Gasteiger partial charge in [0.15, 0.2) is 15.7 Å². The summed E-state index contributed by atoms with van der Waals surface area (Å²) in [5.41, 5.74) is 0. The van der Waals surface area contributed by atoms with E-state index >= 15 is 0 Å². The predicted octanol–water partition coefficient (Wildman–Crippen LogP) is -0.0283. The lowest BCUT2D eigenvalue weighted by atomic mass is 10.0. The van der Waals surface area contributed by atoms with Crippen molar-refractivity contribution in [3.8, 4) is 0 Å². The first-order chi connectivity index (χ1) is 8.09. The second kappa shape index (κ2) is 5.14. The highest BCUT2D eigenvalue weighted by Crippen LogP contribution is 2.21. The second-order valence-electron chi connectivity index (χ2n) is 4.40. The van der Waals surface area contributed by atoms with Gasteiger partial charge in [0, 0.05) is 6.42 Å². The molecule has 0 aliphatic carbocycles. The summed E-state index contributed by atoms with van der Waals surface area (Å²) in [5, 5.41) is 12.5. The Kier molecular flexibility index (Phi) is 3.78. The van der Waals surface area contributed by atoms with Gasteiger partial charge in [-0.15, -0.1) is 0 Å². The lowest BCUT2D eigenvalue weighted by Crippen LogP contribution is -2.26. The smallest absolute Gasteiger partial charge is 0.228 e. The maximum absolute atomic E-state index is 11.5. The number of sulfone groups is 1. The predicted molar refractivity (Wildman–Crippen MR) is 60.2 cm³/mol. The minimum Gasteiger partial charge on any atom is -0.396 e. The zero-order valence-electron chi connectivity index (χ0n) is 9.50. The number of hydrogen-bond donors (Lipinski definition) is 1. The van der Waals surface area contributed by atoms with Crippen molar-refractivity contribution in [2.75, 3.05) is 18.1 Å². The van der Waals surface area contributed by atoms with Crippen LogP contribution < -0.4 is 0 Å². The van der Waals surface area contributed by atoms with Crippen LogP contribution in [0.3, 0.4) is 0 Å². The maximum Gasteiger partial charge on any atom is 0.228 e. The molecule has 1 aromatic heterocycles. The molecule has 96 valence electrons. The van der Waals surface area contributed by atoms with Gasteiger partial charge in [-0.2, -0.15) is 4.98 Å². The molecule has 1 aliphatic rings. The molecule has 0 saturated carbocycles. The molecular weight excluding hydrogens is 244 g/mol. The quantitative estimate of drug-likeness (QED) is 0.817. The Morgan fingerprint density at radius 1 is 1.47 bits per heavy atom. The monoisotopic (exact) mass is 260 g/mol. The van der Waals surface area contributed by atoms with Crippen molar-refractivity contribution in [3.05, 3.63) is 11.7 Å². The van der Waals surface area contributed by atoms with Gasteiger partial charge in [-0.25, -0.2) is 8.42 Å². The highest BCUT2D eigenvalue weighted by Gasteiger charge is 2.26. The lowest BCUT2D eigenvalue weighted by molar-refractivity contribution is 0.273. The molecule has 1 unspecified atom stereocenters. The van der Waals surface area contributed by atoms with Crippen molar-refractivity contribution in [3.63, 3.8) is 0 Å².